The standard InChI is InChI=1S/C29H42N4O5/c1-3-31-14-16-32(17-15-31)22-12-10-21(11-13-22)28(35)30-25(20-8-6-5-7-9-20)29(36)33-18-24(37-4-2)27-26(33)23(34)19-38-27/h10-13,20,24-27H,3-9,14-19H2,1-2H3,(H,30,35)/t24-,25-,26+,27+/m0/s1. The highest BCUT2D eigenvalue weighted by atomic mass is 16.6. The predicted molar refractivity (Wildman–Crippen MR) is 144 cm³/mol. The fraction of sp³-hybridized carbons (Fsp3) is 0.690. The number of nitrogens with one attached hydrogen (secondary N) is 1. The second-order valence-electron chi connectivity index (χ2n) is 11.0. The van der Waals surface area contributed by atoms with Crippen LogP contribution in [0.2, 0.25) is 0 Å². The predicted octanol–water partition coefficient (Wildman–Crippen LogP) is 2.09. The van der Waals surface area contributed by atoms with Gasteiger partial charge in [0.1, 0.15) is 30.9 Å². The first-order valence-electron chi connectivity index (χ1n) is 14.4. The number of nitrogens with zero attached hydrogens (tertiary/aromatic N) is 3. The van der Waals surface area contributed by atoms with Crippen LogP contribution in [-0.4, -0.2) is 104 Å². The Hall–Kier alpha value is -2.49. The fourth-order valence-electron chi connectivity index (χ4n) is 6.60. The van der Waals surface area contributed by atoms with Crippen molar-refractivity contribution in [1.82, 2.24) is 15.1 Å². The summed E-state index contributed by atoms with van der Waals surface area (Å²) >= 11 is 0. The molecule has 3 aliphatic heterocycles. The number of hydrogen-bond acceptors (Lipinski definition) is 7. The van der Waals surface area contributed by atoms with Crippen molar-refractivity contribution < 1.29 is 23.9 Å². The summed E-state index contributed by atoms with van der Waals surface area (Å²) in [6, 6.07) is 6.41. The van der Waals surface area contributed by atoms with Gasteiger partial charge >= 0.3 is 0 Å². The third kappa shape index (κ3) is 5.60. The summed E-state index contributed by atoms with van der Waals surface area (Å²) in [6.07, 6.45) is 4.25. The van der Waals surface area contributed by atoms with Gasteiger partial charge in [0.25, 0.3) is 5.91 Å². The smallest absolute Gasteiger partial charge is 0.251 e. The Labute approximate surface area is 225 Å². The molecule has 0 aromatic heterocycles. The fourth-order valence-corrected chi connectivity index (χ4v) is 6.60. The minimum atomic E-state index is -0.668. The Balaban J connectivity index is 1.30. The third-order valence-electron chi connectivity index (χ3n) is 8.79. The first-order valence-corrected chi connectivity index (χ1v) is 14.4. The molecule has 208 valence electrons. The van der Waals surface area contributed by atoms with Crippen molar-refractivity contribution in [3.63, 3.8) is 0 Å². The van der Waals surface area contributed by atoms with Crippen LogP contribution >= 0.6 is 0 Å². The normalized spacial score (nSPS) is 27.4. The summed E-state index contributed by atoms with van der Waals surface area (Å²) in [5.74, 6) is -0.472. The number of carbonyl (C=O) groups is 3. The molecule has 0 bridgehead atoms. The number of carbonyl (C=O) groups excluding carboxylic acids is 3. The largest absolute Gasteiger partial charge is 0.374 e. The first kappa shape index (κ1) is 27.1. The number of benzene rings is 1. The molecule has 0 spiro atoms. The molecule has 9 heteroatoms. The zero-order valence-electron chi connectivity index (χ0n) is 22.8. The van der Waals surface area contributed by atoms with Gasteiger partial charge in [-0.3, -0.25) is 14.4 Å². The molecule has 4 aliphatic rings. The Bertz CT molecular complexity index is 987. The molecule has 9 nitrogen and oxygen atoms in total. The van der Waals surface area contributed by atoms with Crippen LogP contribution in [0.5, 0.6) is 0 Å². The van der Waals surface area contributed by atoms with Crippen molar-refractivity contribution in [2.75, 3.05) is 57.4 Å². The van der Waals surface area contributed by atoms with E-state index in [4.69, 9.17) is 9.47 Å². The number of ketones is 1. The first-order chi connectivity index (χ1) is 18.5. The number of likely N-dealkylation sites (tertiary alicyclic amines) is 1. The van der Waals surface area contributed by atoms with E-state index in [-0.39, 0.29) is 36.2 Å². The molecule has 0 radical (unpaired) electrons. The number of Topliss-reactive ketones (excluding diaryl/α,β-unsaturated/α-hetero) is 1. The molecule has 38 heavy (non-hydrogen) atoms. The van der Waals surface area contributed by atoms with Crippen molar-refractivity contribution in [2.45, 2.75) is 70.2 Å². The van der Waals surface area contributed by atoms with E-state index in [9.17, 15) is 14.4 Å². The maximum Gasteiger partial charge on any atom is 0.251 e. The molecule has 1 N–H and O–H groups in total. The van der Waals surface area contributed by atoms with Gasteiger partial charge in [-0.05, 0) is 56.5 Å². The van der Waals surface area contributed by atoms with Gasteiger partial charge in [-0.15, -0.1) is 0 Å². The van der Waals surface area contributed by atoms with Gasteiger partial charge in [0, 0.05) is 44.0 Å². The average molecular weight is 527 g/mol. The summed E-state index contributed by atoms with van der Waals surface area (Å²) < 4.78 is 11.6. The molecular weight excluding hydrogens is 484 g/mol. The van der Waals surface area contributed by atoms with Gasteiger partial charge < -0.3 is 29.5 Å². The molecule has 5 rings (SSSR count). The van der Waals surface area contributed by atoms with Gasteiger partial charge in [-0.1, -0.05) is 26.2 Å². The van der Waals surface area contributed by atoms with Crippen LogP contribution in [0.25, 0.3) is 0 Å². The van der Waals surface area contributed by atoms with Crippen LogP contribution in [0.1, 0.15) is 56.3 Å². The van der Waals surface area contributed by atoms with Crippen LogP contribution < -0.4 is 10.2 Å². The van der Waals surface area contributed by atoms with Gasteiger partial charge in [-0.25, -0.2) is 0 Å². The molecule has 1 aromatic rings. The highest BCUT2D eigenvalue weighted by Crippen LogP contribution is 2.33. The third-order valence-corrected chi connectivity index (χ3v) is 8.79. The van der Waals surface area contributed by atoms with Crippen molar-refractivity contribution in [1.29, 1.82) is 0 Å². The lowest BCUT2D eigenvalue weighted by Crippen LogP contribution is -2.55. The molecule has 3 heterocycles. The Morgan fingerprint density at radius 1 is 1.05 bits per heavy atom. The monoisotopic (exact) mass is 526 g/mol. The Morgan fingerprint density at radius 2 is 1.76 bits per heavy atom. The highest BCUT2D eigenvalue weighted by molar-refractivity contribution is 5.99. The summed E-state index contributed by atoms with van der Waals surface area (Å²) in [7, 11) is 0. The number of rotatable bonds is 8. The number of anilines is 1. The minimum Gasteiger partial charge on any atom is -0.374 e. The number of piperazine rings is 1. The van der Waals surface area contributed by atoms with Crippen molar-refractivity contribution >= 4 is 23.3 Å². The summed E-state index contributed by atoms with van der Waals surface area (Å²) in [5, 5.41) is 3.09. The van der Waals surface area contributed by atoms with Crippen molar-refractivity contribution in [3.05, 3.63) is 29.8 Å². The Kier molecular flexibility index (Phi) is 8.65. The molecule has 0 unspecified atom stereocenters. The Morgan fingerprint density at radius 3 is 2.42 bits per heavy atom. The molecule has 1 aliphatic carbocycles. The number of ether oxygens (including phenoxy) is 2. The molecule has 1 aromatic carbocycles. The molecule has 2 amide bonds. The van der Waals surface area contributed by atoms with E-state index < -0.39 is 18.2 Å². The zero-order valence-corrected chi connectivity index (χ0v) is 22.8. The van der Waals surface area contributed by atoms with E-state index in [1.54, 1.807) is 4.90 Å². The topological polar surface area (TPSA) is 91.4 Å². The maximum atomic E-state index is 14.0. The van der Waals surface area contributed by atoms with Crippen LogP contribution in [-0.2, 0) is 19.1 Å². The number of fused-ring (bicyclic) bond motifs is 1. The SMILES string of the molecule is CCO[C@H]1CN(C(=O)[C@@H](NC(=O)c2ccc(N3CCN(CC)CC3)cc2)C2CCCCC2)[C@@H]2C(=O)CO[C@H]12. The quantitative estimate of drug-likeness (QED) is 0.555. The van der Waals surface area contributed by atoms with Gasteiger partial charge in [0.05, 0.1) is 6.54 Å². The molecule has 3 saturated heterocycles. The van der Waals surface area contributed by atoms with E-state index in [0.717, 1.165) is 70.5 Å². The summed E-state index contributed by atoms with van der Waals surface area (Å²) in [4.78, 5) is 46.5. The average Bonchev–Trinajstić information content (AvgIpc) is 3.52. The van der Waals surface area contributed by atoms with Gasteiger partial charge in [0.15, 0.2) is 5.78 Å². The van der Waals surface area contributed by atoms with Crippen LogP contribution in [0.15, 0.2) is 24.3 Å². The summed E-state index contributed by atoms with van der Waals surface area (Å²) in [6.45, 7) is 9.99. The second-order valence-corrected chi connectivity index (χ2v) is 11.0. The number of amides is 2. The van der Waals surface area contributed by atoms with Crippen molar-refractivity contribution in [2.24, 2.45) is 5.92 Å². The van der Waals surface area contributed by atoms with E-state index >= 15 is 0 Å². The van der Waals surface area contributed by atoms with Gasteiger partial charge in [-0.2, -0.15) is 0 Å². The number of likely N-dealkylation sites (N-methyl/N-ethyl adjacent to an activating group) is 1. The van der Waals surface area contributed by atoms with E-state index in [1.165, 1.54) is 0 Å². The number of hydrogen-bond donors (Lipinski definition) is 1. The van der Waals surface area contributed by atoms with Crippen LogP contribution in [0.4, 0.5) is 5.69 Å². The summed E-state index contributed by atoms with van der Waals surface area (Å²) in [5.41, 5.74) is 1.66. The van der Waals surface area contributed by atoms with E-state index in [0.29, 0.717) is 18.7 Å². The molecule has 4 atom stereocenters. The maximum absolute atomic E-state index is 14.0. The van der Waals surface area contributed by atoms with E-state index in [1.807, 2.05) is 31.2 Å². The van der Waals surface area contributed by atoms with Crippen molar-refractivity contribution in [3.8, 4) is 0 Å². The minimum absolute atomic E-state index is 0.00296. The van der Waals surface area contributed by atoms with Gasteiger partial charge in [0.2, 0.25) is 5.91 Å². The molecular formula is C29H42N4O5. The highest BCUT2D eigenvalue weighted by Gasteiger charge is 2.54. The van der Waals surface area contributed by atoms with Crippen LogP contribution in [0, 0.1) is 5.92 Å². The molecule has 4 fully saturated rings. The zero-order chi connectivity index (χ0) is 26.6. The lowest BCUT2D eigenvalue weighted by atomic mass is 9.83. The lowest BCUT2D eigenvalue weighted by Gasteiger charge is -2.35. The lowest BCUT2D eigenvalue weighted by molar-refractivity contribution is -0.139. The second kappa shape index (κ2) is 12.1. The van der Waals surface area contributed by atoms with E-state index in [2.05, 4.69) is 22.0 Å². The van der Waals surface area contributed by atoms with Crippen LogP contribution in [0.3, 0.4) is 0 Å². The molecule has 1 saturated carbocycles.